The van der Waals surface area contributed by atoms with Crippen molar-refractivity contribution in [2.24, 2.45) is 0 Å². The molecule has 174 valence electrons. The second-order valence-electron chi connectivity index (χ2n) is 9.17. The molecule has 4 rings (SSSR count). The molecule has 0 unspecified atom stereocenters. The summed E-state index contributed by atoms with van der Waals surface area (Å²) in [6.07, 6.45) is 0. The first-order valence-corrected chi connectivity index (χ1v) is 11.6. The van der Waals surface area contributed by atoms with Crippen molar-refractivity contribution >= 4 is 11.6 Å². The van der Waals surface area contributed by atoms with Crippen molar-refractivity contribution in [2.75, 3.05) is 38.0 Å². The Morgan fingerprint density at radius 2 is 1.73 bits per heavy atom. The smallest absolute Gasteiger partial charge is 0.241 e. The van der Waals surface area contributed by atoms with Crippen molar-refractivity contribution in [3.63, 3.8) is 0 Å². The monoisotopic (exact) mass is 447 g/mol. The van der Waals surface area contributed by atoms with E-state index in [0.717, 1.165) is 43.0 Å². The molecule has 1 fully saturated rings. The van der Waals surface area contributed by atoms with Crippen molar-refractivity contribution in [1.29, 1.82) is 0 Å². The molecule has 0 radical (unpaired) electrons. The van der Waals surface area contributed by atoms with E-state index in [1.54, 1.807) is 0 Å². The van der Waals surface area contributed by atoms with Gasteiger partial charge in [0.25, 0.3) is 0 Å². The lowest BCUT2D eigenvalue weighted by molar-refractivity contribution is -0.117. The number of carbonyl (C=O) groups excluding carboxylic acids is 1. The predicted octanol–water partition coefficient (Wildman–Crippen LogP) is 4.23. The van der Waals surface area contributed by atoms with Crippen LogP contribution in [0.15, 0.2) is 47.0 Å². The third kappa shape index (κ3) is 5.86. The van der Waals surface area contributed by atoms with Gasteiger partial charge in [-0.1, -0.05) is 67.0 Å². The lowest BCUT2D eigenvalue weighted by Gasteiger charge is -2.33. The van der Waals surface area contributed by atoms with E-state index in [0.29, 0.717) is 30.7 Å². The summed E-state index contributed by atoms with van der Waals surface area (Å²) in [5.41, 5.74) is 5.40. The molecule has 33 heavy (non-hydrogen) atoms. The number of benzene rings is 2. The molecule has 0 aliphatic carbocycles. The molecule has 1 aliphatic rings. The lowest BCUT2D eigenvalue weighted by Crippen LogP contribution is -2.48. The van der Waals surface area contributed by atoms with E-state index in [9.17, 15) is 4.79 Å². The number of rotatable bonds is 7. The second kappa shape index (κ2) is 10.3. The second-order valence-corrected chi connectivity index (χ2v) is 9.17. The van der Waals surface area contributed by atoms with E-state index in [1.165, 1.54) is 11.1 Å². The van der Waals surface area contributed by atoms with Crippen LogP contribution in [0.3, 0.4) is 0 Å². The fourth-order valence-electron chi connectivity index (χ4n) is 4.16. The third-order valence-corrected chi connectivity index (χ3v) is 6.16. The largest absolute Gasteiger partial charge is 0.338 e. The Labute approximate surface area is 195 Å². The SMILES string of the molecule is Cc1ccc(-c2noc(CN3CCN(CC(=O)Nc4c(C)cccc4C(C)C)CC3)n2)cc1. The summed E-state index contributed by atoms with van der Waals surface area (Å²) in [5.74, 6) is 1.65. The molecular weight excluding hydrogens is 414 g/mol. The van der Waals surface area contributed by atoms with Crippen LogP contribution in [-0.2, 0) is 11.3 Å². The lowest BCUT2D eigenvalue weighted by atomic mass is 9.98. The van der Waals surface area contributed by atoms with Crippen LogP contribution in [0.5, 0.6) is 0 Å². The van der Waals surface area contributed by atoms with Crippen LogP contribution >= 0.6 is 0 Å². The van der Waals surface area contributed by atoms with Gasteiger partial charge in [-0.3, -0.25) is 14.6 Å². The number of nitrogens with zero attached hydrogens (tertiary/aromatic N) is 4. The average molecular weight is 448 g/mol. The molecule has 0 saturated carbocycles. The number of para-hydroxylation sites is 1. The van der Waals surface area contributed by atoms with Crippen molar-refractivity contribution in [2.45, 2.75) is 40.2 Å². The van der Waals surface area contributed by atoms with Gasteiger partial charge in [0.15, 0.2) is 0 Å². The van der Waals surface area contributed by atoms with Gasteiger partial charge in [-0.05, 0) is 30.9 Å². The Bertz CT molecular complexity index is 1080. The highest BCUT2D eigenvalue weighted by Crippen LogP contribution is 2.27. The summed E-state index contributed by atoms with van der Waals surface area (Å²) in [5, 5.41) is 7.28. The minimum absolute atomic E-state index is 0.0410. The van der Waals surface area contributed by atoms with Gasteiger partial charge in [-0.25, -0.2) is 0 Å². The Kier molecular flexibility index (Phi) is 7.20. The van der Waals surface area contributed by atoms with Crippen molar-refractivity contribution in [3.05, 3.63) is 65.0 Å². The number of amides is 1. The number of hydrogen-bond acceptors (Lipinski definition) is 6. The maximum absolute atomic E-state index is 12.7. The Balaban J connectivity index is 1.27. The molecular formula is C26H33N5O2. The van der Waals surface area contributed by atoms with Gasteiger partial charge in [0.1, 0.15) is 0 Å². The standard InChI is InChI=1S/C26H33N5O2/c1-18(2)22-7-5-6-20(4)25(22)27-23(32)16-30-12-14-31(15-13-30)17-24-28-26(29-33-24)21-10-8-19(3)9-11-21/h5-11,18H,12-17H2,1-4H3,(H,27,32). The number of hydrogen-bond donors (Lipinski definition) is 1. The molecule has 2 heterocycles. The molecule has 1 N–H and O–H groups in total. The first-order valence-electron chi connectivity index (χ1n) is 11.6. The summed E-state index contributed by atoms with van der Waals surface area (Å²) in [4.78, 5) is 21.8. The highest BCUT2D eigenvalue weighted by Gasteiger charge is 2.22. The highest BCUT2D eigenvalue weighted by molar-refractivity contribution is 5.94. The fraction of sp³-hybridized carbons (Fsp3) is 0.423. The quantitative estimate of drug-likeness (QED) is 0.584. The van der Waals surface area contributed by atoms with Gasteiger partial charge in [-0.15, -0.1) is 0 Å². The molecule has 3 aromatic rings. The van der Waals surface area contributed by atoms with Crippen LogP contribution in [0, 0.1) is 13.8 Å². The van der Waals surface area contributed by atoms with E-state index in [2.05, 4.69) is 52.1 Å². The first-order chi connectivity index (χ1) is 15.9. The van der Waals surface area contributed by atoms with Gasteiger partial charge in [0.05, 0.1) is 13.1 Å². The zero-order chi connectivity index (χ0) is 23.4. The summed E-state index contributed by atoms with van der Waals surface area (Å²) in [7, 11) is 0. The molecule has 2 aromatic carbocycles. The van der Waals surface area contributed by atoms with E-state index in [4.69, 9.17) is 4.52 Å². The van der Waals surface area contributed by atoms with Gasteiger partial charge in [0.2, 0.25) is 17.6 Å². The summed E-state index contributed by atoms with van der Waals surface area (Å²) in [6.45, 7) is 12.8. The first kappa shape index (κ1) is 23.1. The number of aryl methyl sites for hydroxylation is 2. The maximum Gasteiger partial charge on any atom is 0.241 e. The predicted molar refractivity (Wildman–Crippen MR) is 130 cm³/mol. The highest BCUT2D eigenvalue weighted by atomic mass is 16.5. The maximum atomic E-state index is 12.7. The Hall–Kier alpha value is -3.03. The van der Waals surface area contributed by atoms with E-state index >= 15 is 0 Å². The van der Waals surface area contributed by atoms with Crippen LogP contribution in [0.2, 0.25) is 0 Å². The van der Waals surface area contributed by atoms with Gasteiger partial charge >= 0.3 is 0 Å². The van der Waals surface area contributed by atoms with Crippen LogP contribution in [0.1, 0.15) is 42.3 Å². The number of aromatic nitrogens is 2. The van der Waals surface area contributed by atoms with E-state index in [-0.39, 0.29) is 5.91 Å². The van der Waals surface area contributed by atoms with Crippen LogP contribution in [0.4, 0.5) is 5.69 Å². The molecule has 7 heteroatoms. The average Bonchev–Trinajstić information content (AvgIpc) is 3.25. The molecule has 1 amide bonds. The van der Waals surface area contributed by atoms with Gasteiger partial charge < -0.3 is 9.84 Å². The number of nitrogens with one attached hydrogen (secondary N) is 1. The zero-order valence-corrected chi connectivity index (χ0v) is 20.0. The van der Waals surface area contributed by atoms with Crippen LogP contribution in [-0.4, -0.2) is 58.6 Å². The van der Waals surface area contributed by atoms with Crippen molar-refractivity contribution in [1.82, 2.24) is 19.9 Å². The molecule has 1 saturated heterocycles. The molecule has 1 aromatic heterocycles. The summed E-state index contributed by atoms with van der Waals surface area (Å²) >= 11 is 0. The van der Waals surface area contributed by atoms with Crippen LogP contribution < -0.4 is 5.32 Å². The van der Waals surface area contributed by atoms with E-state index < -0.39 is 0 Å². The van der Waals surface area contributed by atoms with Crippen molar-refractivity contribution < 1.29 is 9.32 Å². The molecule has 1 aliphatic heterocycles. The number of piperazine rings is 1. The normalized spacial score (nSPS) is 15.2. The third-order valence-electron chi connectivity index (χ3n) is 6.16. The fourth-order valence-corrected chi connectivity index (χ4v) is 4.16. The number of carbonyl (C=O) groups is 1. The molecule has 0 bridgehead atoms. The number of anilines is 1. The Morgan fingerprint density at radius 3 is 2.42 bits per heavy atom. The van der Waals surface area contributed by atoms with Gasteiger partial charge in [0, 0.05) is 37.4 Å². The van der Waals surface area contributed by atoms with Crippen molar-refractivity contribution in [3.8, 4) is 11.4 Å². The topological polar surface area (TPSA) is 74.5 Å². The van der Waals surface area contributed by atoms with Gasteiger partial charge in [-0.2, -0.15) is 4.98 Å². The van der Waals surface area contributed by atoms with E-state index in [1.807, 2.05) is 43.3 Å². The molecule has 0 spiro atoms. The minimum atomic E-state index is 0.0410. The summed E-state index contributed by atoms with van der Waals surface area (Å²) < 4.78 is 5.47. The van der Waals surface area contributed by atoms with Crippen LogP contribution in [0.25, 0.3) is 11.4 Å². The summed E-state index contributed by atoms with van der Waals surface area (Å²) in [6, 6.07) is 14.3. The Morgan fingerprint density at radius 1 is 1.03 bits per heavy atom. The minimum Gasteiger partial charge on any atom is -0.338 e. The molecule has 0 atom stereocenters. The zero-order valence-electron chi connectivity index (χ0n) is 20.0. The molecule has 7 nitrogen and oxygen atoms in total.